The number of benzene rings is 2. The summed E-state index contributed by atoms with van der Waals surface area (Å²) in [5, 5.41) is 13.8. The Morgan fingerprint density at radius 3 is 2.29 bits per heavy atom. The number of nitrogens with one attached hydrogen (secondary N) is 1. The minimum Gasteiger partial charge on any atom is -0.481 e. The third-order valence-corrected chi connectivity index (χ3v) is 7.09. The summed E-state index contributed by atoms with van der Waals surface area (Å²) >= 11 is 1.39. The van der Waals surface area contributed by atoms with E-state index in [1.165, 1.54) is 23.5 Å². The number of aryl methyl sites for hydroxylation is 1. The van der Waals surface area contributed by atoms with Gasteiger partial charge in [0.05, 0.1) is 12.0 Å². The van der Waals surface area contributed by atoms with Crippen molar-refractivity contribution in [2.75, 3.05) is 11.4 Å². The average Bonchev–Trinajstić information content (AvgIpc) is 3.56. The number of carboxylic acid groups (broad SMARTS) is 1. The molecule has 0 spiro atoms. The van der Waals surface area contributed by atoms with Gasteiger partial charge in [0.25, 0.3) is 5.91 Å². The second-order valence-electron chi connectivity index (χ2n) is 9.28. The number of hydrogen-bond donors (Lipinski definition) is 2. The van der Waals surface area contributed by atoms with Crippen molar-refractivity contribution in [3.05, 3.63) is 99.6 Å². The van der Waals surface area contributed by atoms with Gasteiger partial charge in [-0.2, -0.15) is 13.2 Å². The molecule has 0 atom stereocenters. The van der Waals surface area contributed by atoms with Gasteiger partial charge in [0.1, 0.15) is 11.5 Å². The second kappa shape index (κ2) is 12.9. The summed E-state index contributed by atoms with van der Waals surface area (Å²) in [7, 11) is 0. The number of amides is 1. The number of hydrogen-bond acceptors (Lipinski definition) is 6. The Labute approximate surface area is 239 Å². The van der Waals surface area contributed by atoms with E-state index >= 15 is 0 Å². The Morgan fingerprint density at radius 1 is 1.07 bits per heavy atom. The molecule has 0 saturated carbocycles. The van der Waals surface area contributed by atoms with Gasteiger partial charge < -0.3 is 19.7 Å². The zero-order valence-electron chi connectivity index (χ0n) is 22.4. The number of carbonyl (C=O) groups excluding carboxylic acids is 1. The molecule has 41 heavy (non-hydrogen) atoms. The smallest absolute Gasteiger partial charge is 0.416 e. The predicted molar refractivity (Wildman–Crippen MR) is 152 cm³/mol. The third-order valence-electron chi connectivity index (χ3n) is 6.19. The molecular formula is C30H28F3N3O4S. The van der Waals surface area contributed by atoms with Crippen LogP contribution >= 0.6 is 11.3 Å². The van der Waals surface area contributed by atoms with Gasteiger partial charge in [0.2, 0.25) is 0 Å². The van der Waals surface area contributed by atoms with Gasteiger partial charge >= 0.3 is 12.1 Å². The van der Waals surface area contributed by atoms with Crippen molar-refractivity contribution in [1.82, 2.24) is 10.3 Å². The largest absolute Gasteiger partial charge is 0.481 e. The van der Waals surface area contributed by atoms with E-state index < -0.39 is 17.7 Å². The average molecular weight is 584 g/mol. The SMILES string of the molecule is C/C=C\c1cc(-c2csc(N(Cc3ccc(C(=O)NCCC(=O)O)cc3)Cc3ccc(C(F)(F)F)cc3)n2)oc1C. The number of rotatable bonds is 11. The highest BCUT2D eigenvalue weighted by atomic mass is 32.1. The number of carbonyl (C=O) groups is 2. The van der Waals surface area contributed by atoms with Crippen LogP contribution in [0.15, 0.2) is 70.5 Å². The molecule has 0 bridgehead atoms. The molecule has 2 aromatic carbocycles. The summed E-state index contributed by atoms with van der Waals surface area (Å²) < 4.78 is 45.2. The number of nitrogens with zero attached hydrogens (tertiary/aromatic N) is 2. The molecule has 7 nitrogen and oxygen atoms in total. The maximum absolute atomic E-state index is 13.1. The van der Waals surface area contributed by atoms with E-state index in [1.807, 2.05) is 42.3 Å². The highest BCUT2D eigenvalue weighted by Crippen LogP contribution is 2.33. The van der Waals surface area contributed by atoms with Crippen molar-refractivity contribution >= 4 is 34.4 Å². The summed E-state index contributed by atoms with van der Waals surface area (Å²) in [6, 6.07) is 13.8. The maximum atomic E-state index is 13.1. The first kappa shape index (κ1) is 29.6. The highest BCUT2D eigenvalue weighted by molar-refractivity contribution is 7.14. The Balaban J connectivity index is 1.57. The van der Waals surface area contributed by atoms with Crippen LogP contribution in [-0.2, 0) is 24.1 Å². The van der Waals surface area contributed by atoms with Gasteiger partial charge in [-0.3, -0.25) is 9.59 Å². The minimum atomic E-state index is -4.42. The number of anilines is 1. The van der Waals surface area contributed by atoms with Crippen molar-refractivity contribution in [2.24, 2.45) is 0 Å². The molecule has 11 heteroatoms. The number of thiazole rings is 1. The predicted octanol–water partition coefficient (Wildman–Crippen LogP) is 7.17. The molecule has 4 rings (SSSR count). The standard InChI is InChI=1S/C30H28F3N3O4S/c1-3-4-23-15-26(40-19(23)2)25-18-41-29(35-25)36(17-21-7-11-24(12-8-21)30(31,32)33)16-20-5-9-22(10-6-20)28(39)34-14-13-27(37)38/h3-12,15,18H,13-14,16-17H2,1-2H3,(H,34,39)(H,37,38)/b4-3-. The summed E-state index contributed by atoms with van der Waals surface area (Å²) in [6.07, 6.45) is -0.725. The molecule has 0 aliphatic heterocycles. The molecule has 2 aromatic heterocycles. The van der Waals surface area contributed by atoms with Crippen molar-refractivity contribution in [2.45, 2.75) is 39.5 Å². The summed E-state index contributed by atoms with van der Waals surface area (Å²) in [5.41, 5.74) is 2.79. The number of carboxylic acids is 1. The first-order valence-corrected chi connectivity index (χ1v) is 13.6. The van der Waals surface area contributed by atoms with Crippen LogP contribution in [0.3, 0.4) is 0 Å². The van der Waals surface area contributed by atoms with Crippen LogP contribution in [0.5, 0.6) is 0 Å². The van der Waals surface area contributed by atoms with Gasteiger partial charge in [-0.15, -0.1) is 11.3 Å². The van der Waals surface area contributed by atoms with Gasteiger partial charge in [0, 0.05) is 36.1 Å². The van der Waals surface area contributed by atoms with E-state index in [0.717, 1.165) is 29.0 Å². The first-order valence-electron chi connectivity index (χ1n) is 12.7. The van der Waals surface area contributed by atoms with Crippen LogP contribution in [0.25, 0.3) is 17.5 Å². The molecule has 214 valence electrons. The van der Waals surface area contributed by atoms with E-state index in [2.05, 4.69) is 5.32 Å². The monoisotopic (exact) mass is 583 g/mol. The Morgan fingerprint density at radius 2 is 1.71 bits per heavy atom. The van der Waals surface area contributed by atoms with Crippen LogP contribution in [0.2, 0.25) is 0 Å². The number of halogens is 3. The molecule has 0 saturated heterocycles. The topological polar surface area (TPSA) is 95.7 Å². The van der Waals surface area contributed by atoms with Crippen LogP contribution < -0.4 is 10.2 Å². The molecule has 0 aliphatic carbocycles. The summed E-state index contributed by atoms with van der Waals surface area (Å²) in [4.78, 5) is 29.7. The zero-order chi connectivity index (χ0) is 29.6. The molecule has 0 unspecified atom stereocenters. The molecule has 4 aromatic rings. The van der Waals surface area contributed by atoms with Gasteiger partial charge in [-0.05, 0) is 55.3 Å². The fourth-order valence-electron chi connectivity index (χ4n) is 4.07. The molecular weight excluding hydrogens is 555 g/mol. The molecule has 2 heterocycles. The molecule has 0 fully saturated rings. The lowest BCUT2D eigenvalue weighted by Gasteiger charge is -2.22. The molecule has 0 aliphatic rings. The fraction of sp³-hybridized carbons (Fsp3) is 0.233. The lowest BCUT2D eigenvalue weighted by molar-refractivity contribution is -0.138. The van der Waals surface area contributed by atoms with Gasteiger partial charge in [-0.1, -0.05) is 36.4 Å². The van der Waals surface area contributed by atoms with Crippen molar-refractivity contribution in [3.63, 3.8) is 0 Å². The molecule has 1 amide bonds. The van der Waals surface area contributed by atoms with Gasteiger partial charge in [-0.25, -0.2) is 4.98 Å². The Bertz CT molecular complexity index is 1520. The summed E-state index contributed by atoms with van der Waals surface area (Å²) in [5.74, 6) is 0.00161. The highest BCUT2D eigenvalue weighted by Gasteiger charge is 2.30. The zero-order valence-corrected chi connectivity index (χ0v) is 23.2. The number of alkyl halides is 3. The molecule has 0 radical (unpaired) electrons. The van der Waals surface area contributed by atoms with Crippen LogP contribution in [0.1, 0.15) is 51.7 Å². The second-order valence-corrected chi connectivity index (χ2v) is 10.1. The van der Waals surface area contributed by atoms with Crippen LogP contribution in [-0.4, -0.2) is 28.5 Å². The quantitative estimate of drug-likeness (QED) is 0.194. The normalized spacial score (nSPS) is 11.6. The van der Waals surface area contributed by atoms with Crippen LogP contribution in [0, 0.1) is 6.92 Å². The van der Waals surface area contributed by atoms with E-state index in [9.17, 15) is 22.8 Å². The fourth-order valence-corrected chi connectivity index (χ4v) is 4.88. The summed E-state index contributed by atoms with van der Waals surface area (Å²) in [6.45, 7) is 4.48. The number of allylic oxidation sites excluding steroid dienone is 1. The van der Waals surface area contributed by atoms with Crippen molar-refractivity contribution < 1.29 is 32.3 Å². The molecule has 2 N–H and O–H groups in total. The lowest BCUT2D eigenvalue weighted by Crippen LogP contribution is -2.26. The van der Waals surface area contributed by atoms with E-state index in [1.54, 1.807) is 24.3 Å². The minimum absolute atomic E-state index is 0.0224. The van der Waals surface area contributed by atoms with E-state index in [-0.39, 0.29) is 18.9 Å². The van der Waals surface area contributed by atoms with Gasteiger partial charge in [0.15, 0.2) is 10.9 Å². The first-order chi connectivity index (χ1) is 19.5. The van der Waals surface area contributed by atoms with E-state index in [0.29, 0.717) is 40.8 Å². The Hall–Kier alpha value is -4.38. The Kier molecular flexibility index (Phi) is 9.28. The maximum Gasteiger partial charge on any atom is 0.416 e. The number of furan rings is 1. The number of aromatic nitrogens is 1. The van der Waals surface area contributed by atoms with E-state index in [4.69, 9.17) is 14.5 Å². The van der Waals surface area contributed by atoms with Crippen molar-refractivity contribution in [3.8, 4) is 11.5 Å². The number of aliphatic carboxylic acids is 1. The van der Waals surface area contributed by atoms with Crippen LogP contribution in [0.4, 0.5) is 18.3 Å². The van der Waals surface area contributed by atoms with Crippen molar-refractivity contribution in [1.29, 1.82) is 0 Å². The lowest BCUT2D eigenvalue weighted by atomic mass is 10.1. The third kappa shape index (κ3) is 7.85.